The van der Waals surface area contributed by atoms with Gasteiger partial charge in [-0.3, -0.25) is 5.41 Å². The highest BCUT2D eigenvalue weighted by atomic mass is 32.2. The third kappa shape index (κ3) is 1.26. The topological polar surface area (TPSA) is 61.2 Å². The molecule has 0 atom stereocenters. The Kier molecular flexibility index (Phi) is 2.31. The first-order chi connectivity index (χ1) is 7.50. The molecular formula is C10H9FN2O2S. The number of hydrogen-bond acceptors (Lipinski definition) is 3. The average Bonchev–Trinajstić information content (AvgIpc) is 2.41. The quantitative estimate of drug-likeness (QED) is 0.793. The normalized spacial score (nSPS) is 17.3. The van der Waals surface area contributed by atoms with Gasteiger partial charge in [-0.15, -0.1) is 6.58 Å². The van der Waals surface area contributed by atoms with E-state index in [2.05, 4.69) is 6.58 Å². The van der Waals surface area contributed by atoms with Crippen LogP contribution in [-0.4, -0.2) is 25.1 Å². The minimum Gasteiger partial charge on any atom is -0.283 e. The molecule has 0 saturated heterocycles. The van der Waals surface area contributed by atoms with Crippen LogP contribution in [0, 0.1) is 11.2 Å². The first kappa shape index (κ1) is 10.8. The number of halogens is 1. The van der Waals surface area contributed by atoms with Gasteiger partial charge in [0.15, 0.2) is 0 Å². The number of amidine groups is 1. The molecule has 0 aromatic heterocycles. The van der Waals surface area contributed by atoms with Crippen LogP contribution in [0.3, 0.4) is 0 Å². The fraction of sp³-hybridized carbons (Fsp3) is 0.100. The fourth-order valence-electron chi connectivity index (χ4n) is 1.62. The Hall–Kier alpha value is -1.69. The van der Waals surface area contributed by atoms with Crippen molar-refractivity contribution in [3.8, 4) is 0 Å². The lowest BCUT2D eigenvalue weighted by Gasteiger charge is -2.13. The monoisotopic (exact) mass is 240 g/mol. The van der Waals surface area contributed by atoms with Gasteiger partial charge in [0.25, 0.3) is 10.0 Å². The molecule has 0 bridgehead atoms. The van der Waals surface area contributed by atoms with Crippen LogP contribution in [0.2, 0.25) is 0 Å². The van der Waals surface area contributed by atoms with Crippen molar-refractivity contribution in [3.05, 3.63) is 42.2 Å². The van der Waals surface area contributed by atoms with Crippen LogP contribution in [-0.2, 0) is 10.0 Å². The average molecular weight is 240 g/mol. The standard InChI is InChI=1S/C10H9FN2O2S/c1-2-6-13-10(12)9-7(11)4-3-5-8(9)16(13,14)15/h2-5,12H,1,6H2. The van der Waals surface area contributed by atoms with E-state index in [0.717, 1.165) is 10.4 Å². The van der Waals surface area contributed by atoms with Crippen molar-refractivity contribution >= 4 is 15.9 Å². The lowest BCUT2D eigenvalue weighted by molar-refractivity contribution is 0.547. The number of nitrogens with zero attached hydrogens (tertiary/aromatic N) is 1. The molecule has 1 aromatic carbocycles. The Bertz CT molecular complexity index is 580. The summed E-state index contributed by atoms with van der Waals surface area (Å²) in [5.74, 6) is -1.04. The molecule has 4 nitrogen and oxygen atoms in total. The van der Waals surface area contributed by atoms with E-state index in [4.69, 9.17) is 5.41 Å². The zero-order valence-electron chi connectivity index (χ0n) is 8.27. The Balaban J connectivity index is 2.72. The van der Waals surface area contributed by atoms with Crippen LogP contribution >= 0.6 is 0 Å². The number of rotatable bonds is 2. The van der Waals surface area contributed by atoms with Crippen molar-refractivity contribution < 1.29 is 12.8 Å². The van der Waals surface area contributed by atoms with Crippen LogP contribution in [0.4, 0.5) is 4.39 Å². The fourth-order valence-corrected chi connectivity index (χ4v) is 3.19. The number of benzene rings is 1. The maximum absolute atomic E-state index is 13.4. The summed E-state index contributed by atoms with van der Waals surface area (Å²) in [7, 11) is -3.78. The molecule has 1 aliphatic heterocycles. The molecule has 1 aliphatic rings. The van der Waals surface area contributed by atoms with Crippen LogP contribution in [0.1, 0.15) is 5.56 Å². The van der Waals surface area contributed by atoms with Crippen LogP contribution in [0.5, 0.6) is 0 Å². The predicted octanol–water partition coefficient (Wildman–Crippen LogP) is 1.34. The summed E-state index contributed by atoms with van der Waals surface area (Å²) < 4.78 is 38.1. The summed E-state index contributed by atoms with van der Waals surface area (Å²) in [4.78, 5) is -0.153. The Morgan fingerprint density at radius 3 is 2.75 bits per heavy atom. The summed E-state index contributed by atoms with van der Waals surface area (Å²) in [5, 5.41) is 7.65. The van der Waals surface area contributed by atoms with Crippen molar-refractivity contribution in [2.45, 2.75) is 4.90 Å². The molecule has 0 spiro atoms. The van der Waals surface area contributed by atoms with Gasteiger partial charge in [-0.25, -0.2) is 17.1 Å². The zero-order chi connectivity index (χ0) is 11.9. The number of fused-ring (bicyclic) bond motifs is 1. The molecule has 0 fully saturated rings. The predicted molar refractivity (Wildman–Crippen MR) is 57.3 cm³/mol. The van der Waals surface area contributed by atoms with E-state index >= 15 is 0 Å². The molecule has 0 amide bonds. The molecule has 16 heavy (non-hydrogen) atoms. The van der Waals surface area contributed by atoms with E-state index in [-0.39, 0.29) is 22.8 Å². The van der Waals surface area contributed by atoms with Gasteiger partial charge in [-0.1, -0.05) is 12.1 Å². The van der Waals surface area contributed by atoms with E-state index in [9.17, 15) is 12.8 Å². The van der Waals surface area contributed by atoms with Crippen LogP contribution in [0.25, 0.3) is 0 Å². The highest BCUT2D eigenvalue weighted by molar-refractivity contribution is 7.90. The largest absolute Gasteiger partial charge is 0.283 e. The third-order valence-corrected chi connectivity index (χ3v) is 4.13. The summed E-state index contributed by atoms with van der Waals surface area (Å²) in [6.45, 7) is 3.38. The van der Waals surface area contributed by atoms with Crippen LogP contribution in [0.15, 0.2) is 35.7 Å². The number of hydrogen-bond donors (Lipinski definition) is 1. The van der Waals surface area contributed by atoms with Gasteiger partial charge in [-0.2, -0.15) is 0 Å². The Morgan fingerprint density at radius 1 is 1.50 bits per heavy atom. The highest BCUT2D eigenvalue weighted by Crippen LogP contribution is 2.31. The third-order valence-electron chi connectivity index (χ3n) is 2.32. The molecular weight excluding hydrogens is 231 g/mol. The van der Waals surface area contributed by atoms with Gasteiger partial charge in [0.2, 0.25) is 0 Å². The molecule has 1 aromatic rings. The molecule has 1 heterocycles. The molecule has 6 heteroatoms. The molecule has 0 unspecified atom stereocenters. The van der Waals surface area contributed by atoms with Gasteiger partial charge in [0.1, 0.15) is 16.5 Å². The van der Waals surface area contributed by atoms with Crippen molar-refractivity contribution in [1.82, 2.24) is 4.31 Å². The first-order valence-corrected chi connectivity index (χ1v) is 5.95. The second-order valence-corrected chi connectivity index (χ2v) is 5.12. The van der Waals surface area contributed by atoms with Gasteiger partial charge in [-0.05, 0) is 12.1 Å². The summed E-state index contributed by atoms with van der Waals surface area (Å²) in [6, 6.07) is 3.75. The molecule has 0 saturated carbocycles. The van der Waals surface area contributed by atoms with Gasteiger partial charge >= 0.3 is 0 Å². The van der Waals surface area contributed by atoms with Gasteiger partial charge in [0, 0.05) is 0 Å². The smallest absolute Gasteiger partial charge is 0.266 e. The van der Waals surface area contributed by atoms with E-state index in [1.54, 1.807) is 0 Å². The first-order valence-electron chi connectivity index (χ1n) is 4.51. The Labute approximate surface area is 92.6 Å². The lowest BCUT2D eigenvalue weighted by atomic mass is 10.2. The van der Waals surface area contributed by atoms with Crippen molar-refractivity contribution in [3.63, 3.8) is 0 Å². The minimum absolute atomic E-state index is 0.0325. The van der Waals surface area contributed by atoms with Crippen molar-refractivity contribution in [2.75, 3.05) is 6.54 Å². The summed E-state index contributed by atoms with van der Waals surface area (Å²) >= 11 is 0. The van der Waals surface area contributed by atoms with E-state index in [1.807, 2.05) is 0 Å². The zero-order valence-corrected chi connectivity index (χ0v) is 9.09. The molecule has 0 aliphatic carbocycles. The number of nitrogens with one attached hydrogen (secondary N) is 1. The second kappa shape index (κ2) is 3.41. The molecule has 1 N–H and O–H groups in total. The lowest BCUT2D eigenvalue weighted by Crippen LogP contribution is -2.30. The van der Waals surface area contributed by atoms with E-state index in [0.29, 0.717) is 0 Å². The molecule has 0 radical (unpaired) electrons. The maximum atomic E-state index is 13.4. The van der Waals surface area contributed by atoms with Gasteiger partial charge < -0.3 is 0 Å². The Morgan fingerprint density at radius 2 is 2.19 bits per heavy atom. The summed E-state index contributed by atoms with van der Waals surface area (Å²) in [6.07, 6.45) is 1.36. The maximum Gasteiger partial charge on any atom is 0.266 e. The molecule has 84 valence electrons. The number of sulfonamides is 1. The minimum atomic E-state index is -3.78. The van der Waals surface area contributed by atoms with Crippen LogP contribution < -0.4 is 0 Å². The summed E-state index contributed by atoms with van der Waals surface area (Å²) in [5.41, 5.74) is -0.163. The van der Waals surface area contributed by atoms with E-state index < -0.39 is 15.8 Å². The highest BCUT2D eigenvalue weighted by Gasteiger charge is 2.39. The molecule has 2 rings (SSSR count). The van der Waals surface area contributed by atoms with Crippen molar-refractivity contribution in [1.29, 1.82) is 5.41 Å². The van der Waals surface area contributed by atoms with E-state index in [1.165, 1.54) is 18.2 Å². The SMILES string of the molecule is C=CCN1C(=N)c2c(F)cccc2S1(=O)=O. The second-order valence-electron chi connectivity index (χ2n) is 3.29. The van der Waals surface area contributed by atoms with Gasteiger partial charge in [0.05, 0.1) is 12.1 Å². The van der Waals surface area contributed by atoms with Crippen molar-refractivity contribution in [2.24, 2.45) is 0 Å².